The molecular weight excluding hydrogens is 272 g/mol. The number of nitrogens with one attached hydrogen (secondary N) is 1. The summed E-state index contributed by atoms with van der Waals surface area (Å²) in [6.45, 7) is 3.07. The number of hydrogen-bond acceptors (Lipinski definition) is 3. The molecule has 0 spiro atoms. The molecule has 5 heteroatoms. The van der Waals surface area contributed by atoms with E-state index in [1.54, 1.807) is 6.33 Å². The largest absolute Gasteiger partial charge is 0.316 e. The lowest BCUT2D eigenvalue weighted by atomic mass is 10.0. The van der Waals surface area contributed by atoms with Crippen LogP contribution in [0, 0.1) is 0 Å². The molecule has 1 aromatic carbocycles. The van der Waals surface area contributed by atoms with E-state index in [9.17, 15) is 0 Å². The maximum absolute atomic E-state index is 6.03. The van der Waals surface area contributed by atoms with Crippen LogP contribution in [-0.2, 0) is 19.4 Å². The van der Waals surface area contributed by atoms with Crippen LogP contribution in [0.1, 0.15) is 24.7 Å². The summed E-state index contributed by atoms with van der Waals surface area (Å²) in [6, 6.07) is 8.34. The number of rotatable bonds is 7. The minimum atomic E-state index is 0.327. The van der Waals surface area contributed by atoms with E-state index in [1.165, 1.54) is 5.56 Å². The van der Waals surface area contributed by atoms with Crippen LogP contribution in [0.15, 0.2) is 30.6 Å². The van der Waals surface area contributed by atoms with Crippen molar-refractivity contribution in [3.8, 4) is 0 Å². The first-order valence-corrected chi connectivity index (χ1v) is 7.39. The topological polar surface area (TPSA) is 42.7 Å². The number of benzene rings is 1. The van der Waals surface area contributed by atoms with Gasteiger partial charge in [0, 0.05) is 24.0 Å². The van der Waals surface area contributed by atoms with Crippen molar-refractivity contribution < 1.29 is 0 Å². The van der Waals surface area contributed by atoms with Crippen LogP contribution < -0.4 is 5.32 Å². The molecule has 0 saturated carbocycles. The molecule has 0 amide bonds. The quantitative estimate of drug-likeness (QED) is 0.853. The van der Waals surface area contributed by atoms with Crippen molar-refractivity contribution >= 4 is 11.6 Å². The average Bonchev–Trinajstić information content (AvgIpc) is 2.86. The zero-order valence-corrected chi connectivity index (χ0v) is 12.8. The highest BCUT2D eigenvalue weighted by Gasteiger charge is 2.13. The highest BCUT2D eigenvalue weighted by atomic mass is 35.5. The minimum Gasteiger partial charge on any atom is -0.316 e. The van der Waals surface area contributed by atoms with Crippen LogP contribution in [0.4, 0.5) is 0 Å². The molecule has 4 nitrogen and oxygen atoms in total. The lowest BCUT2D eigenvalue weighted by molar-refractivity contribution is 0.501. The summed E-state index contributed by atoms with van der Waals surface area (Å²) in [5, 5.41) is 8.41. The molecule has 0 fully saturated rings. The van der Waals surface area contributed by atoms with E-state index >= 15 is 0 Å². The Morgan fingerprint density at radius 1 is 1.35 bits per heavy atom. The van der Waals surface area contributed by atoms with Crippen LogP contribution in [-0.4, -0.2) is 27.9 Å². The standard InChI is InChI=1S/C15H21ClN4/c1-3-7-20-15(18-11-19-20)10-14(17-2)9-12-5-4-6-13(16)8-12/h4-6,8,11,14,17H,3,7,9-10H2,1-2H3. The maximum atomic E-state index is 6.03. The van der Waals surface area contributed by atoms with Crippen molar-refractivity contribution in [2.24, 2.45) is 0 Å². The van der Waals surface area contributed by atoms with E-state index in [4.69, 9.17) is 11.6 Å². The average molecular weight is 293 g/mol. The van der Waals surface area contributed by atoms with Crippen molar-refractivity contribution in [1.82, 2.24) is 20.1 Å². The Bertz CT molecular complexity index is 538. The van der Waals surface area contributed by atoms with E-state index in [2.05, 4.69) is 28.4 Å². The molecule has 0 radical (unpaired) electrons. The monoisotopic (exact) mass is 292 g/mol. The van der Waals surface area contributed by atoms with Crippen LogP contribution in [0.25, 0.3) is 0 Å². The Hall–Kier alpha value is -1.39. The predicted molar refractivity (Wildman–Crippen MR) is 82.0 cm³/mol. The van der Waals surface area contributed by atoms with Crippen molar-refractivity contribution in [2.45, 2.75) is 38.8 Å². The number of nitrogens with zero attached hydrogens (tertiary/aromatic N) is 3. The Balaban J connectivity index is 2.03. The fraction of sp³-hybridized carbons (Fsp3) is 0.467. The van der Waals surface area contributed by atoms with Gasteiger partial charge in [0.15, 0.2) is 0 Å². The van der Waals surface area contributed by atoms with Gasteiger partial charge in [-0.1, -0.05) is 30.7 Å². The fourth-order valence-electron chi connectivity index (χ4n) is 2.29. The summed E-state index contributed by atoms with van der Waals surface area (Å²) in [4.78, 5) is 4.37. The number of hydrogen-bond donors (Lipinski definition) is 1. The van der Waals surface area contributed by atoms with Crippen LogP contribution in [0.3, 0.4) is 0 Å². The number of halogens is 1. The molecule has 1 N–H and O–H groups in total. The summed E-state index contributed by atoms with van der Waals surface area (Å²) < 4.78 is 1.99. The molecule has 0 aliphatic rings. The molecule has 1 heterocycles. The van der Waals surface area contributed by atoms with Crippen molar-refractivity contribution in [3.63, 3.8) is 0 Å². The van der Waals surface area contributed by atoms with E-state index in [1.807, 2.05) is 29.9 Å². The van der Waals surface area contributed by atoms with E-state index < -0.39 is 0 Å². The van der Waals surface area contributed by atoms with Gasteiger partial charge in [-0.2, -0.15) is 5.10 Å². The van der Waals surface area contributed by atoms with Crippen molar-refractivity contribution in [1.29, 1.82) is 0 Å². The lowest BCUT2D eigenvalue weighted by Gasteiger charge is -2.16. The molecule has 1 aromatic heterocycles. The SMILES string of the molecule is CCCn1ncnc1CC(Cc1cccc(Cl)c1)NC. The van der Waals surface area contributed by atoms with Gasteiger partial charge < -0.3 is 5.32 Å². The normalized spacial score (nSPS) is 12.6. The predicted octanol–water partition coefficient (Wildman–Crippen LogP) is 2.71. The van der Waals surface area contributed by atoms with Gasteiger partial charge in [0.1, 0.15) is 12.2 Å². The van der Waals surface area contributed by atoms with E-state index in [0.717, 1.165) is 36.7 Å². The number of aryl methyl sites for hydroxylation is 1. The number of likely N-dealkylation sites (N-methyl/N-ethyl adjacent to an activating group) is 1. The van der Waals surface area contributed by atoms with Crippen LogP contribution >= 0.6 is 11.6 Å². The Morgan fingerprint density at radius 2 is 2.20 bits per heavy atom. The van der Waals surface area contributed by atoms with Gasteiger partial charge in [0.2, 0.25) is 0 Å². The zero-order chi connectivity index (χ0) is 14.4. The third-order valence-electron chi connectivity index (χ3n) is 3.34. The second kappa shape index (κ2) is 7.41. The highest BCUT2D eigenvalue weighted by Crippen LogP contribution is 2.13. The molecule has 0 aliphatic heterocycles. The van der Waals surface area contributed by atoms with Gasteiger partial charge in [-0.15, -0.1) is 0 Å². The third kappa shape index (κ3) is 4.05. The smallest absolute Gasteiger partial charge is 0.138 e. The van der Waals surface area contributed by atoms with E-state index in [0.29, 0.717) is 6.04 Å². The van der Waals surface area contributed by atoms with Gasteiger partial charge in [-0.05, 0) is 37.6 Å². The Kier molecular flexibility index (Phi) is 5.56. The fourth-order valence-corrected chi connectivity index (χ4v) is 2.50. The summed E-state index contributed by atoms with van der Waals surface area (Å²) in [5.74, 6) is 1.04. The molecule has 108 valence electrons. The summed E-state index contributed by atoms with van der Waals surface area (Å²) in [7, 11) is 1.98. The second-order valence-electron chi connectivity index (χ2n) is 4.92. The molecule has 20 heavy (non-hydrogen) atoms. The third-order valence-corrected chi connectivity index (χ3v) is 3.57. The van der Waals surface area contributed by atoms with Crippen LogP contribution in [0.5, 0.6) is 0 Å². The lowest BCUT2D eigenvalue weighted by Crippen LogP contribution is -2.31. The molecule has 1 atom stereocenters. The summed E-state index contributed by atoms with van der Waals surface area (Å²) >= 11 is 6.03. The van der Waals surface area contributed by atoms with Crippen LogP contribution in [0.2, 0.25) is 5.02 Å². The molecule has 1 unspecified atom stereocenters. The zero-order valence-electron chi connectivity index (χ0n) is 12.0. The molecule has 0 saturated heterocycles. The van der Waals surface area contributed by atoms with Gasteiger partial charge in [0.05, 0.1) is 0 Å². The molecule has 0 aliphatic carbocycles. The Labute approximate surface area is 125 Å². The second-order valence-corrected chi connectivity index (χ2v) is 5.36. The molecule has 0 bridgehead atoms. The minimum absolute atomic E-state index is 0.327. The molecule has 2 rings (SSSR count). The molecule has 2 aromatic rings. The van der Waals surface area contributed by atoms with Gasteiger partial charge >= 0.3 is 0 Å². The van der Waals surface area contributed by atoms with Gasteiger partial charge in [0.25, 0.3) is 0 Å². The maximum Gasteiger partial charge on any atom is 0.138 e. The number of aromatic nitrogens is 3. The first-order chi connectivity index (χ1) is 9.72. The first-order valence-electron chi connectivity index (χ1n) is 7.01. The molecular formula is C15H21ClN4. The van der Waals surface area contributed by atoms with Crippen molar-refractivity contribution in [3.05, 3.63) is 47.0 Å². The summed E-state index contributed by atoms with van der Waals surface area (Å²) in [6.07, 6.45) is 4.49. The van der Waals surface area contributed by atoms with E-state index in [-0.39, 0.29) is 0 Å². The van der Waals surface area contributed by atoms with Gasteiger partial charge in [-0.3, -0.25) is 4.68 Å². The van der Waals surface area contributed by atoms with Crippen molar-refractivity contribution in [2.75, 3.05) is 7.05 Å². The van der Waals surface area contributed by atoms with Gasteiger partial charge in [-0.25, -0.2) is 4.98 Å². The Morgan fingerprint density at radius 3 is 2.90 bits per heavy atom. The first kappa shape index (κ1) is 15.0. The summed E-state index contributed by atoms with van der Waals surface area (Å²) in [5.41, 5.74) is 1.23. The highest BCUT2D eigenvalue weighted by molar-refractivity contribution is 6.30.